The highest BCUT2D eigenvalue weighted by atomic mass is 35.5. The van der Waals surface area contributed by atoms with Crippen LogP contribution in [0.3, 0.4) is 0 Å². The van der Waals surface area contributed by atoms with Crippen molar-refractivity contribution in [2.45, 2.75) is 32.7 Å². The number of benzene rings is 1. The van der Waals surface area contributed by atoms with Gasteiger partial charge >= 0.3 is 0 Å². The van der Waals surface area contributed by atoms with Gasteiger partial charge < -0.3 is 16.8 Å². The van der Waals surface area contributed by atoms with Gasteiger partial charge in [-0.15, -0.1) is 12.4 Å². The lowest BCUT2D eigenvalue weighted by atomic mass is 10.1. The van der Waals surface area contributed by atoms with Crippen molar-refractivity contribution in [2.24, 2.45) is 0 Å². The molecule has 0 aromatic heterocycles. The molecule has 1 aromatic rings. The summed E-state index contributed by atoms with van der Waals surface area (Å²) in [6.45, 7) is 5.31. The first kappa shape index (κ1) is 15.1. The number of anilines is 2. The Morgan fingerprint density at radius 2 is 2.00 bits per heavy atom. The zero-order valence-electron chi connectivity index (χ0n) is 9.99. The van der Waals surface area contributed by atoms with E-state index in [4.69, 9.17) is 11.5 Å². The standard InChI is InChI=1S/C12H21N3.ClH/c1-3-4-7-15-9(2)11-8-10(13)5-6-12(11)14;/h5-6,8-9,15H,3-4,7,13-14H2,1-2H3;1H. The molecular weight excluding hydrogens is 222 g/mol. The molecule has 16 heavy (non-hydrogen) atoms. The first-order chi connectivity index (χ1) is 7.15. The maximum atomic E-state index is 5.90. The highest BCUT2D eigenvalue weighted by Gasteiger charge is 2.08. The van der Waals surface area contributed by atoms with E-state index in [-0.39, 0.29) is 18.4 Å². The lowest BCUT2D eigenvalue weighted by Gasteiger charge is -2.16. The van der Waals surface area contributed by atoms with Gasteiger partial charge in [0.05, 0.1) is 0 Å². The minimum atomic E-state index is 0. The normalized spacial score (nSPS) is 11.9. The van der Waals surface area contributed by atoms with Crippen molar-refractivity contribution in [1.82, 2.24) is 5.32 Å². The van der Waals surface area contributed by atoms with E-state index in [1.54, 1.807) is 0 Å². The summed E-state index contributed by atoms with van der Waals surface area (Å²) < 4.78 is 0. The number of nitrogens with two attached hydrogens (primary N) is 2. The van der Waals surface area contributed by atoms with Crippen LogP contribution in [0.25, 0.3) is 0 Å². The molecular formula is C12H22ClN3. The van der Waals surface area contributed by atoms with Crippen molar-refractivity contribution in [2.75, 3.05) is 18.0 Å². The Kier molecular flexibility index (Phi) is 6.93. The van der Waals surface area contributed by atoms with Gasteiger partial charge in [-0.1, -0.05) is 13.3 Å². The molecule has 3 nitrogen and oxygen atoms in total. The van der Waals surface area contributed by atoms with Crippen molar-refractivity contribution in [3.8, 4) is 0 Å². The van der Waals surface area contributed by atoms with Crippen LogP contribution in [0.4, 0.5) is 11.4 Å². The molecule has 1 unspecified atom stereocenters. The molecule has 0 bridgehead atoms. The Morgan fingerprint density at radius 3 is 2.62 bits per heavy atom. The Bertz CT molecular complexity index is 315. The van der Waals surface area contributed by atoms with E-state index in [1.165, 1.54) is 12.8 Å². The van der Waals surface area contributed by atoms with Crippen LogP contribution in [0.5, 0.6) is 0 Å². The van der Waals surface area contributed by atoms with E-state index in [0.29, 0.717) is 0 Å². The molecule has 0 aliphatic carbocycles. The van der Waals surface area contributed by atoms with E-state index >= 15 is 0 Å². The van der Waals surface area contributed by atoms with E-state index in [9.17, 15) is 0 Å². The van der Waals surface area contributed by atoms with Gasteiger partial charge in [-0.2, -0.15) is 0 Å². The number of hydrogen-bond donors (Lipinski definition) is 3. The first-order valence-electron chi connectivity index (χ1n) is 5.53. The fraction of sp³-hybridized carbons (Fsp3) is 0.500. The van der Waals surface area contributed by atoms with E-state index < -0.39 is 0 Å². The second-order valence-corrected chi connectivity index (χ2v) is 3.92. The quantitative estimate of drug-likeness (QED) is 0.550. The fourth-order valence-electron chi connectivity index (χ4n) is 1.57. The minimum absolute atomic E-state index is 0. The first-order valence-corrected chi connectivity index (χ1v) is 5.53. The largest absolute Gasteiger partial charge is 0.399 e. The van der Waals surface area contributed by atoms with Crippen molar-refractivity contribution < 1.29 is 0 Å². The molecule has 0 aliphatic heterocycles. The Balaban J connectivity index is 0.00000225. The van der Waals surface area contributed by atoms with Crippen molar-refractivity contribution in [3.05, 3.63) is 23.8 Å². The van der Waals surface area contributed by atoms with Gasteiger partial charge in [0.25, 0.3) is 0 Å². The molecule has 92 valence electrons. The summed E-state index contributed by atoms with van der Waals surface area (Å²) >= 11 is 0. The molecule has 1 atom stereocenters. The summed E-state index contributed by atoms with van der Waals surface area (Å²) in [7, 11) is 0. The van der Waals surface area contributed by atoms with Gasteiger partial charge in [0.15, 0.2) is 0 Å². The van der Waals surface area contributed by atoms with Gasteiger partial charge in [0.1, 0.15) is 0 Å². The van der Waals surface area contributed by atoms with E-state index in [0.717, 1.165) is 23.5 Å². The van der Waals surface area contributed by atoms with Crippen LogP contribution in [0.15, 0.2) is 18.2 Å². The van der Waals surface area contributed by atoms with Crippen molar-refractivity contribution in [3.63, 3.8) is 0 Å². The maximum Gasteiger partial charge on any atom is 0.0363 e. The summed E-state index contributed by atoms with van der Waals surface area (Å²) in [4.78, 5) is 0. The van der Waals surface area contributed by atoms with Crippen LogP contribution in [0.2, 0.25) is 0 Å². The Morgan fingerprint density at radius 1 is 1.31 bits per heavy atom. The zero-order chi connectivity index (χ0) is 11.3. The molecule has 0 spiro atoms. The van der Waals surface area contributed by atoms with Gasteiger partial charge in [-0.25, -0.2) is 0 Å². The predicted molar refractivity (Wildman–Crippen MR) is 73.8 cm³/mol. The van der Waals surface area contributed by atoms with Gasteiger partial charge in [-0.3, -0.25) is 0 Å². The monoisotopic (exact) mass is 243 g/mol. The van der Waals surface area contributed by atoms with Gasteiger partial charge in [-0.05, 0) is 43.7 Å². The average molecular weight is 244 g/mol. The lowest BCUT2D eigenvalue weighted by Crippen LogP contribution is -2.20. The molecule has 1 rings (SSSR count). The minimum Gasteiger partial charge on any atom is -0.399 e. The zero-order valence-corrected chi connectivity index (χ0v) is 10.8. The number of nitrogens with one attached hydrogen (secondary N) is 1. The Labute approximate surface area is 104 Å². The number of rotatable bonds is 5. The SMILES string of the molecule is CCCCNC(C)c1cc(N)ccc1N.Cl. The third kappa shape index (κ3) is 4.29. The number of unbranched alkanes of at least 4 members (excludes halogenated alkanes) is 1. The van der Waals surface area contributed by atoms with E-state index in [2.05, 4.69) is 19.2 Å². The molecule has 0 fully saturated rings. The van der Waals surface area contributed by atoms with Crippen LogP contribution in [-0.4, -0.2) is 6.54 Å². The molecule has 0 heterocycles. The average Bonchev–Trinajstić information content (AvgIpc) is 2.22. The van der Waals surface area contributed by atoms with Crippen molar-refractivity contribution in [1.29, 1.82) is 0 Å². The van der Waals surface area contributed by atoms with Crippen LogP contribution < -0.4 is 16.8 Å². The van der Waals surface area contributed by atoms with Crippen molar-refractivity contribution >= 4 is 23.8 Å². The van der Waals surface area contributed by atoms with Crippen LogP contribution in [0, 0.1) is 0 Å². The third-order valence-corrected chi connectivity index (χ3v) is 2.56. The smallest absolute Gasteiger partial charge is 0.0363 e. The highest BCUT2D eigenvalue weighted by Crippen LogP contribution is 2.22. The van der Waals surface area contributed by atoms with Crippen LogP contribution in [-0.2, 0) is 0 Å². The Hall–Kier alpha value is -0.930. The summed E-state index contributed by atoms with van der Waals surface area (Å²) in [6, 6.07) is 5.90. The number of halogens is 1. The summed E-state index contributed by atoms with van der Waals surface area (Å²) in [5.41, 5.74) is 14.3. The summed E-state index contributed by atoms with van der Waals surface area (Å²) in [5.74, 6) is 0. The van der Waals surface area contributed by atoms with Gasteiger partial charge in [0.2, 0.25) is 0 Å². The second kappa shape index (κ2) is 7.36. The molecule has 4 heteroatoms. The molecule has 0 amide bonds. The summed E-state index contributed by atoms with van der Waals surface area (Å²) in [6.07, 6.45) is 2.39. The van der Waals surface area contributed by atoms with E-state index in [1.807, 2.05) is 18.2 Å². The topological polar surface area (TPSA) is 64.1 Å². The number of nitrogen functional groups attached to an aromatic ring is 2. The molecule has 0 radical (unpaired) electrons. The van der Waals surface area contributed by atoms with Crippen LogP contribution in [0.1, 0.15) is 38.3 Å². The van der Waals surface area contributed by atoms with Gasteiger partial charge in [0, 0.05) is 17.4 Å². The maximum absolute atomic E-state index is 5.90. The third-order valence-electron chi connectivity index (χ3n) is 2.56. The molecule has 0 aliphatic rings. The second-order valence-electron chi connectivity index (χ2n) is 3.92. The number of hydrogen-bond acceptors (Lipinski definition) is 3. The fourth-order valence-corrected chi connectivity index (χ4v) is 1.57. The lowest BCUT2D eigenvalue weighted by molar-refractivity contribution is 0.556. The predicted octanol–water partition coefficient (Wildman–Crippen LogP) is 2.72. The summed E-state index contributed by atoms with van der Waals surface area (Å²) in [5, 5.41) is 3.43. The van der Waals surface area contributed by atoms with Crippen LogP contribution >= 0.6 is 12.4 Å². The molecule has 5 N–H and O–H groups in total. The molecule has 1 aromatic carbocycles. The highest BCUT2D eigenvalue weighted by molar-refractivity contribution is 5.85. The molecule has 0 saturated heterocycles. The molecule has 0 saturated carbocycles.